The zero-order chi connectivity index (χ0) is 24.5. The van der Waals surface area contributed by atoms with Gasteiger partial charge in [-0.2, -0.15) is 0 Å². The molecule has 1 fully saturated rings. The van der Waals surface area contributed by atoms with E-state index in [0.29, 0.717) is 23.0 Å². The number of hydrogen-bond donors (Lipinski definition) is 1. The molecule has 4 rings (SSSR count). The highest BCUT2D eigenvalue weighted by molar-refractivity contribution is 7.90. The molecule has 1 heterocycles. The van der Waals surface area contributed by atoms with E-state index in [2.05, 4.69) is 10.2 Å². The van der Waals surface area contributed by atoms with Crippen molar-refractivity contribution in [1.82, 2.24) is 4.90 Å². The van der Waals surface area contributed by atoms with Crippen LogP contribution in [0.1, 0.15) is 18.2 Å². The van der Waals surface area contributed by atoms with Gasteiger partial charge in [0.1, 0.15) is 5.82 Å². The molecule has 180 valence electrons. The Morgan fingerprint density at radius 3 is 2.41 bits per heavy atom. The maximum atomic E-state index is 14.8. The quantitative estimate of drug-likeness (QED) is 0.558. The lowest BCUT2D eigenvalue weighted by Gasteiger charge is -2.22. The first kappa shape index (κ1) is 23.9. The van der Waals surface area contributed by atoms with Gasteiger partial charge in [0.15, 0.2) is 9.84 Å². The Hall–Kier alpha value is -3.23. The van der Waals surface area contributed by atoms with E-state index in [1.165, 1.54) is 12.3 Å². The summed E-state index contributed by atoms with van der Waals surface area (Å²) in [4.78, 5) is 17.1. The Bertz CT molecular complexity index is 1310. The standard InChI is InChI=1S/C26H28FN3O3S.H2/c1-29(2)22-13-14-30(17-22)25-12-11-21(16-24(25)27)28-26(31)19-9-7-18(8-10-19)20-5-4-6-23(15-20)34(3,32)33;/h4-12,15-16,22H,13-14,17H2,1-3H3,(H,28,31);1H. The third kappa shape index (κ3) is 5.29. The van der Waals surface area contributed by atoms with Crippen LogP contribution in [0.15, 0.2) is 71.6 Å². The van der Waals surface area contributed by atoms with E-state index >= 15 is 0 Å². The molecule has 1 aliphatic heterocycles. The maximum absolute atomic E-state index is 14.8. The van der Waals surface area contributed by atoms with Gasteiger partial charge in [0.05, 0.1) is 10.6 Å². The summed E-state index contributed by atoms with van der Waals surface area (Å²) in [6.45, 7) is 1.57. The predicted octanol–water partition coefficient (Wildman–Crippen LogP) is 4.53. The van der Waals surface area contributed by atoms with Gasteiger partial charge in [-0.25, -0.2) is 12.8 Å². The average Bonchev–Trinajstić information content (AvgIpc) is 3.29. The molecule has 8 heteroatoms. The van der Waals surface area contributed by atoms with Gasteiger partial charge in [-0.05, 0) is 74.1 Å². The fraction of sp³-hybridized carbons (Fsp3) is 0.269. The Balaban J connectivity index is 0.00000342. The zero-order valence-electron chi connectivity index (χ0n) is 19.5. The lowest BCUT2D eigenvalue weighted by molar-refractivity contribution is 0.102. The number of hydrogen-bond acceptors (Lipinski definition) is 5. The van der Waals surface area contributed by atoms with E-state index in [0.717, 1.165) is 30.6 Å². The van der Waals surface area contributed by atoms with Gasteiger partial charge in [-0.3, -0.25) is 4.79 Å². The van der Waals surface area contributed by atoms with Crippen LogP contribution in [-0.2, 0) is 9.84 Å². The average molecular weight is 484 g/mol. The van der Waals surface area contributed by atoms with Crippen LogP contribution in [-0.4, -0.2) is 58.7 Å². The third-order valence-electron chi connectivity index (χ3n) is 6.18. The highest BCUT2D eigenvalue weighted by Crippen LogP contribution is 2.28. The van der Waals surface area contributed by atoms with Crippen LogP contribution in [0.2, 0.25) is 0 Å². The molecule has 0 spiro atoms. The molecule has 0 bridgehead atoms. The summed E-state index contributed by atoms with van der Waals surface area (Å²) in [5, 5.41) is 2.75. The lowest BCUT2D eigenvalue weighted by Crippen LogP contribution is -2.31. The van der Waals surface area contributed by atoms with E-state index in [1.54, 1.807) is 54.6 Å². The predicted molar refractivity (Wildman–Crippen MR) is 136 cm³/mol. The molecule has 6 nitrogen and oxygen atoms in total. The van der Waals surface area contributed by atoms with Gasteiger partial charge < -0.3 is 15.1 Å². The summed E-state index contributed by atoms with van der Waals surface area (Å²) < 4.78 is 38.4. The molecular weight excluding hydrogens is 453 g/mol. The summed E-state index contributed by atoms with van der Waals surface area (Å²) in [6.07, 6.45) is 2.15. The van der Waals surface area contributed by atoms with Gasteiger partial charge in [-0.15, -0.1) is 0 Å². The van der Waals surface area contributed by atoms with Crippen LogP contribution in [0.4, 0.5) is 15.8 Å². The Morgan fingerprint density at radius 1 is 1.06 bits per heavy atom. The molecule has 1 N–H and O–H groups in total. The molecule has 0 aliphatic carbocycles. The first-order valence-electron chi connectivity index (χ1n) is 11.0. The minimum atomic E-state index is -3.31. The van der Waals surface area contributed by atoms with E-state index in [1.807, 2.05) is 25.1 Å². The number of halogens is 1. The Morgan fingerprint density at radius 2 is 1.79 bits per heavy atom. The molecule has 0 radical (unpaired) electrons. The minimum absolute atomic E-state index is 0. The number of rotatable bonds is 6. The number of carbonyl (C=O) groups is 1. The summed E-state index contributed by atoms with van der Waals surface area (Å²) in [5.74, 6) is -0.712. The second-order valence-electron chi connectivity index (χ2n) is 8.85. The van der Waals surface area contributed by atoms with Crippen molar-refractivity contribution < 1.29 is 19.0 Å². The second-order valence-corrected chi connectivity index (χ2v) is 10.9. The fourth-order valence-electron chi connectivity index (χ4n) is 4.15. The molecule has 1 amide bonds. The van der Waals surface area contributed by atoms with Crippen LogP contribution in [0.25, 0.3) is 11.1 Å². The van der Waals surface area contributed by atoms with Gasteiger partial charge >= 0.3 is 0 Å². The van der Waals surface area contributed by atoms with Crippen LogP contribution in [0, 0.1) is 5.82 Å². The van der Waals surface area contributed by atoms with Crippen molar-refractivity contribution in [2.24, 2.45) is 0 Å². The largest absolute Gasteiger partial charge is 0.368 e. The SMILES string of the molecule is CN(C)C1CCN(c2ccc(NC(=O)c3ccc(-c4cccc(S(C)(=O)=O)c4)cc3)cc2F)C1.[HH]. The molecule has 1 aliphatic rings. The van der Waals surface area contributed by atoms with Gasteiger partial charge in [-0.1, -0.05) is 24.3 Å². The van der Waals surface area contributed by atoms with Crippen LogP contribution in [0.3, 0.4) is 0 Å². The number of sulfone groups is 1. The van der Waals surface area contributed by atoms with Crippen molar-refractivity contribution in [1.29, 1.82) is 0 Å². The molecule has 0 aromatic heterocycles. The van der Waals surface area contributed by atoms with Crippen LogP contribution >= 0.6 is 0 Å². The molecule has 3 aromatic rings. The molecule has 1 atom stereocenters. The number of anilines is 2. The second kappa shape index (κ2) is 9.56. The number of carbonyl (C=O) groups excluding carboxylic acids is 1. The van der Waals surface area contributed by atoms with E-state index < -0.39 is 9.84 Å². The summed E-state index contributed by atoms with van der Waals surface area (Å²) >= 11 is 0. The zero-order valence-corrected chi connectivity index (χ0v) is 20.3. The molecule has 1 unspecified atom stereocenters. The smallest absolute Gasteiger partial charge is 0.255 e. The number of amides is 1. The molecule has 34 heavy (non-hydrogen) atoms. The number of nitrogens with zero attached hydrogens (tertiary/aromatic N) is 2. The third-order valence-corrected chi connectivity index (χ3v) is 7.29. The molecule has 0 saturated carbocycles. The first-order valence-corrected chi connectivity index (χ1v) is 12.9. The van der Waals surface area contributed by atoms with Crippen molar-refractivity contribution in [3.8, 4) is 11.1 Å². The highest BCUT2D eigenvalue weighted by Gasteiger charge is 2.26. The summed E-state index contributed by atoms with van der Waals surface area (Å²) in [7, 11) is 0.752. The van der Waals surface area contributed by atoms with Crippen LogP contribution in [0.5, 0.6) is 0 Å². The number of likely N-dealkylation sites (N-methyl/N-ethyl adjacent to an activating group) is 1. The molecular formula is C26H30FN3O3S. The topological polar surface area (TPSA) is 69.7 Å². The Labute approximate surface area is 201 Å². The fourth-order valence-corrected chi connectivity index (χ4v) is 4.81. The molecule has 3 aromatic carbocycles. The van der Waals surface area contributed by atoms with E-state index in [-0.39, 0.29) is 18.0 Å². The molecule has 1 saturated heterocycles. The summed E-state index contributed by atoms with van der Waals surface area (Å²) in [5.41, 5.74) is 2.88. The maximum Gasteiger partial charge on any atom is 0.255 e. The van der Waals surface area contributed by atoms with Gasteiger partial charge in [0.2, 0.25) is 0 Å². The van der Waals surface area contributed by atoms with E-state index in [9.17, 15) is 17.6 Å². The van der Waals surface area contributed by atoms with E-state index in [4.69, 9.17) is 0 Å². The van der Waals surface area contributed by atoms with Crippen molar-refractivity contribution in [3.05, 3.63) is 78.1 Å². The van der Waals surface area contributed by atoms with Crippen molar-refractivity contribution in [3.63, 3.8) is 0 Å². The van der Waals surface area contributed by atoms with Crippen molar-refractivity contribution in [2.45, 2.75) is 17.4 Å². The minimum Gasteiger partial charge on any atom is -0.368 e. The van der Waals surface area contributed by atoms with Crippen LogP contribution < -0.4 is 10.2 Å². The Kier molecular flexibility index (Phi) is 6.72. The first-order chi connectivity index (χ1) is 16.1. The van der Waals surface area contributed by atoms with Crippen molar-refractivity contribution in [2.75, 3.05) is 43.7 Å². The lowest BCUT2D eigenvalue weighted by atomic mass is 10.0. The highest BCUT2D eigenvalue weighted by atomic mass is 32.2. The monoisotopic (exact) mass is 483 g/mol. The normalized spacial score (nSPS) is 16.1. The number of benzene rings is 3. The van der Waals surface area contributed by atoms with Crippen molar-refractivity contribution >= 4 is 27.1 Å². The number of nitrogens with one attached hydrogen (secondary N) is 1. The van der Waals surface area contributed by atoms with Gasteiger partial charge in [0.25, 0.3) is 5.91 Å². The van der Waals surface area contributed by atoms with Gasteiger partial charge in [0, 0.05) is 38.1 Å². The summed E-state index contributed by atoms with van der Waals surface area (Å²) in [6, 6.07) is 18.7.